The van der Waals surface area contributed by atoms with Crippen LogP contribution in [0.3, 0.4) is 0 Å². The van der Waals surface area contributed by atoms with E-state index in [0.717, 1.165) is 5.69 Å². The fraction of sp³-hybridized carbons (Fsp3) is 0.111. The summed E-state index contributed by atoms with van der Waals surface area (Å²) >= 11 is 0. The van der Waals surface area contributed by atoms with Crippen LogP contribution >= 0.6 is 0 Å². The van der Waals surface area contributed by atoms with Crippen molar-refractivity contribution in [2.75, 3.05) is 0 Å². The molecule has 0 fully saturated rings. The molecule has 1 aromatic carbocycles. The third-order valence-corrected chi connectivity index (χ3v) is 1.80. The maximum absolute atomic E-state index is 11.0. The zero-order chi connectivity index (χ0) is 9.26. The molecule has 0 amide bonds. The number of benzene rings is 1. The predicted octanol–water partition coefficient (Wildman–Crippen LogP) is -0.230. The van der Waals surface area contributed by atoms with Crippen LogP contribution < -0.4 is 9.67 Å². The third kappa shape index (κ3) is 1.38. The van der Waals surface area contributed by atoms with Gasteiger partial charge in [-0.1, -0.05) is 22.9 Å². The number of nitrogens with zero attached hydrogens (tertiary/aromatic N) is 3. The normalized spacial score (nSPS) is 10.2. The van der Waals surface area contributed by atoms with Crippen LogP contribution in [0.2, 0.25) is 0 Å². The lowest BCUT2D eigenvalue weighted by Gasteiger charge is -1.89. The fourth-order valence-corrected chi connectivity index (χ4v) is 1.11. The summed E-state index contributed by atoms with van der Waals surface area (Å²) in [6.45, 7) is 0. The van der Waals surface area contributed by atoms with Gasteiger partial charge in [-0.15, -0.1) is 0 Å². The Bertz CT molecular complexity index is 389. The smallest absolute Gasteiger partial charge is 0.244 e. The fourth-order valence-electron chi connectivity index (χ4n) is 1.11. The van der Waals surface area contributed by atoms with E-state index in [2.05, 4.69) is 5.10 Å². The second kappa shape index (κ2) is 2.90. The van der Waals surface area contributed by atoms with Gasteiger partial charge in [0.1, 0.15) is 5.69 Å². The van der Waals surface area contributed by atoms with Gasteiger partial charge in [-0.3, -0.25) is 0 Å². The first-order valence-electron chi connectivity index (χ1n) is 3.95. The summed E-state index contributed by atoms with van der Waals surface area (Å²) in [4.78, 5) is 0. The quantitative estimate of drug-likeness (QED) is 0.562. The van der Waals surface area contributed by atoms with Crippen molar-refractivity contribution >= 4 is 0 Å². The van der Waals surface area contributed by atoms with Gasteiger partial charge in [-0.05, 0) is 12.1 Å². The molecule has 1 aromatic heterocycles. The summed E-state index contributed by atoms with van der Waals surface area (Å²) in [6, 6.07) is 9.27. The van der Waals surface area contributed by atoms with Crippen LogP contribution in [0.4, 0.5) is 0 Å². The molecular formula is C9H9N3O. The summed E-state index contributed by atoms with van der Waals surface area (Å²) in [6.07, 6.45) is 1.65. The second-order valence-electron chi connectivity index (χ2n) is 2.79. The van der Waals surface area contributed by atoms with Crippen LogP contribution in [0.1, 0.15) is 0 Å². The molecule has 0 aliphatic carbocycles. The van der Waals surface area contributed by atoms with Gasteiger partial charge < -0.3 is 5.11 Å². The molecule has 2 rings (SSSR count). The molecule has 0 saturated carbocycles. The minimum absolute atomic E-state index is 0.246. The molecule has 0 aliphatic heterocycles. The van der Waals surface area contributed by atoms with E-state index in [-0.39, 0.29) is 6.01 Å². The van der Waals surface area contributed by atoms with Gasteiger partial charge in [0, 0.05) is 5.10 Å². The number of hydrogen-bond donors (Lipinski definition) is 0. The van der Waals surface area contributed by atoms with E-state index in [1.54, 1.807) is 18.1 Å². The molecule has 0 radical (unpaired) electrons. The molecule has 1 heterocycles. The van der Waals surface area contributed by atoms with Crippen LogP contribution in [0.25, 0.3) is 5.69 Å². The highest BCUT2D eigenvalue weighted by Crippen LogP contribution is 2.03. The van der Waals surface area contributed by atoms with Crippen LogP contribution in [0.15, 0.2) is 36.7 Å². The first kappa shape index (κ1) is 7.79. The molecule has 0 bridgehead atoms. The van der Waals surface area contributed by atoms with Crippen LogP contribution in [-0.4, -0.2) is 9.78 Å². The lowest BCUT2D eigenvalue weighted by atomic mass is 10.3. The maximum Gasteiger partial charge on any atom is 0.244 e. The van der Waals surface area contributed by atoms with Crippen molar-refractivity contribution in [2.45, 2.75) is 0 Å². The standard InChI is InChI=1S/C9H9N3O/c1-11-7-12(10-9(11)13)8-5-3-2-4-6-8/h2-7H,1H3. The van der Waals surface area contributed by atoms with Gasteiger partial charge in [0.05, 0.1) is 7.05 Å². The van der Waals surface area contributed by atoms with E-state index >= 15 is 0 Å². The Morgan fingerprint density at radius 2 is 2.00 bits per heavy atom. The van der Waals surface area contributed by atoms with Crippen molar-refractivity contribution in [1.82, 2.24) is 9.78 Å². The molecule has 66 valence electrons. The lowest BCUT2D eigenvalue weighted by Crippen LogP contribution is -2.29. The predicted molar refractivity (Wildman–Crippen MR) is 44.2 cm³/mol. The molecular weight excluding hydrogens is 166 g/mol. The lowest BCUT2D eigenvalue weighted by molar-refractivity contribution is -0.714. The first-order valence-corrected chi connectivity index (χ1v) is 3.95. The Kier molecular flexibility index (Phi) is 1.73. The topological polar surface area (TPSA) is 44.8 Å². The van der Waals surface area contributed by atoms with Crippen molar-refractivity contribution < 1.29 is 9.67 Å². The van der Waals surface area contributed by atoms with Gasteiger partial charge in [0.25, 0.3) is 0 Å². The minimum Gasteiger partial charge on any atom is -0.818 e. The van der Waals surface area contributed by atoms with Crippen molar-refractivity contribution in [3.05, 3.63) is 36.7 Å². The van der Waals surface area contributed by atoms with Crippen LogP contribution in [0.5, 0.6) is 6.01 Å². The highest BCUT2D eigenvalue weighted by atomic mass is 16.3. The van der Waals surface area contributed by atoms with Crippen molar-refractivity contribution in [3.8, 4) is 11.7 Å². The minimum atomic E-state index is -0.246. The van der Waals surface area contributed by atoms with Crippen molar-refractivity contribution in [1.29, 1.82) is 0 Å². The summed E-state index contributed by atoms with van der Waals surface area (Å²) in [5, 5.41) is 14.8. The summed E-state index contributed by atoms with van der Waals surface area (Å²) in [5.74, 6) is 0. The highest BCUT2D eigenvalue weighted by Gasteiger charge is 2.06. The second-order valence-corrected chi connectivity index (χ2v) is 2.79. The molecule has 0 saturated heterocycles. The largest absolute Gasteiger partial charge is 0.818 e. The monoisotopic (exact) mass is 175 g/mol. The molecule has 0 N–H and O–H groups in total. The summed E-state index contributed by atoms with van der Waals surface area (Å²) in [5.41, 5.74) is 0.889. The maximum atomic E-state index is 11.0. The van der Waals surface area contributed by atoms with Crippen molar-refractivity contribution in [3.63, 3.8) is 0 Å². The van der Waals surface area contributed by atoms with E-state index in [4.69, 9.17) is 0 Å². The van der Waals surface area contributed by atoms with Crippen molar-refractivity contribution in [2.24, 2.45) is 7.05 Å². The van der Waals surface area contributed by atoms with Gasteiger partial charge in [-0.2, -0.15) is 0 Å². The number of aryl methyl sites for hydroxylation is 1. The number of aromatic nitrogens is 3. The Morgan fingerprint density at radius 1 is 1.31 bits per heavy atom. The Hall–Kier alpha value is -1.84. The van der Waals surface area contributed by atoms with E-state index < -0.39 is 0 Å². The summed E-state index contributed by atoms with van der Waals surface area (Å²) in [7, 11) is 1.68. The Labute approximate surface area is 75.7 Å². The number of para-hydroxylation sites is 1. The third-order valence-electron chi connectivity index (χ3n) is 1.80. The Balaban J connectivity index is 2.48. The molecule has 0 unspecified atom stereocenters. The Morgan fingerprint density at radius 3 is 2.54 bits per heavy atom. The van der Waals surface area contributed by atoms with E-state index in [1.807, 2.05) is 30.3 Å². The molecule has 13 heavy (non-hydrogen) atoms. The summed E-state index contributed by atoms with van der Waals surface area (Å²) < 4.78 is 3.00. The molecule has 4 nitrogen and oxygen atoms in total. The SMILES string of the molecule is C[n+]1cn(-c2ccccc2)nc1[O-]. The zero-order valence-electron chi connectivity index (χ0n) is 7.21. The molecule has 0 spiro atoms. The average Bonchev–Trinajstić information content (AvgIpc) is 2.49. The molecule has 4 heteroatoms. The number of rotatable bonds is 1. The first-order chi connectivity index (χ1) is 6.27. The van der Waals surface area contributed by atoms with E-state index in [9.17, 15) is 5.11 Å². The average molecular weight is 175 g/mol. The van der Waals surface area contributed by atoms with Gasteiger partial charge in [0.15, 0.2) is 0 Å². The van der Waals surface area contributed by atoms with Gasteiger partial charge in [0.2, 0.25) is 12.3 Å². The van der Waals surface area contributed by atoms with Crippen LogP contribution in [-0.2, 0) is 7.05 Å². The van der Waals surface area contributed by atoms with E-state index in [0.29, 0.717) is 0 Å². The van der Waals surface area contributed by atoms with Gasteiger partial charge >= 0.3 is 0 Å². The zero-order valence-corrected chi connectivity index (χ0v) is 7.21. The van der Waals surface area contributed by atoms with Gasteiger partial charge in [-0.25, -0.2) is 4.57 Å². The van der Waals surface area contributed by atoms with E-state index in [1.165, 1.54) is 4.57 Å². The molecule has 0 aliphatic rings. The molecule has 2 aromatic rings. The highest BCUT2D eigenvalue weighted by molar-refractivity contribution is 5.28. The van der Waals surface area contributed by atoms with Crippen LogP contribution in [0, 0.1) is 0 Å². The molecule has 0 atom stereocenters. The number of hydrogen-bond acceptors (Lipinski definition) is 2.